The van der Waals surface area contributed by atoms with Crippen LogP contribution >= 0.6 is 11.6 Å². The molecule has 0 amide bonds. The summed E-state index contributed by atoms with van der Waals surface area (Å²) in [6, 6.07) is 9.73. The molecular formula is C15H18ClN3. The van der Waals surface area contributed by atoms with E-state index in [-0.39, 0.29) is 0 Å². The molecule has 0 radical (unpaired) electrons. The van der Waals surface area contributed by atoms with Gasteiger partial charge in [0.2, 0.25) is 0 Å². The van der Waals surface area contributed by atoms with E-state index in [1.54, 1.807) is 6.07 Å². The number of piperidine rings is 1. The van der Waals surface area contributed by atoms with Crippen molar-refractivity contribution in [3.63, 3.8) is 0 Å². The lowest BCUT2D eigenvalue weighted by Crippen LogP contribution is -2.47. The number of rotatable bonds is 2. The Bertz CT molecular complexity index is 511. The van der Waals surface area contributed by atoms with Crippen LogP contribution in [0.5, 0.6) is 0 Å². The first-order chi connectivity index (χ1) is 9.19. The summed E-state index contributed by atoms with van der Waals surface area (Å²) in [5.74, 6) is 0. The van der Waals surface area contributed by atoms with Crippen LogP contribution in [0.3, 0.4) is 0 Å². The van der Waals surface area contributed by atoms with E-state index in [1.165, 1.54) is 12.8 Å². The van der Waals surface area contributed by atoms with Crippen molar-refractivity contribution < 1.29 is 0 Å². The second kappa shape index (κ2) is 5.03. The van der Waals surface area contributed by atoms with Gasteiger partial charge in [0.15, 0.2) is 0 Å². The first-order valence-corrected chi connectivity index (χ1v) is 7.24. The average Bonchev–Trinajstić information content (AvgIpc) is 2.76. The van der Waals surface area contributed by atoms with Crippen molar-refractivity contribution in [1.82, 2.24) is 5.32 Å². The van der Waals surface area contributed by atoms with Crippen LogP contribution in [-0.4, -0.2) is 25.2 Å². The number of fused-ring (bicyclic) bond motifs is 2. The van der Waals surface area contributed by atoms with Crippen LogP contribution in [0, 0.1) is 11.3 Å². The van der Waals surface area contributed by atoms with Gasteiger partial charge in [-0.2, -0.15) is 5.26 Å². The molecule has 3 nitrogen and oxygen atoms in total. The molecule has 2 saturated heterocycles. The summed E-state index contributed by atoms with van der Waals surface area (Å²) >= 11 is 6.12. The predicted octanol–water partition coefficient (Wildman–Crippen LogP) is 2.93. The van der Waals surface area contributed by atoms with Gasteiger partial charge in [0.1, 0.15) is 6.07 Å². The fraction of sp³-hybridized carbons (Fsp3) is 0.533. The van der Waals surface area contributed by atoms with Crippen LogP contribution in [0.2, 0.25) is 5.02 Å². The second-order valence-corrected chi connectivity index (χ2v) is 6.03. The Morgan fingerprint density at radius 1 is 1.32 bits per heavy atom. The molecule has 0 saturated carbocycles. The highest BCUT2D eigenvalue weighted by Crippen LogP contribution is 2.34. The Hall–Kier alpha value is -1.24. The monoisotopic (exact) mass is 275 g/mol. The van der Waals surface area contributed by atoms with Crippen molar-refractivity contribution >= 4 is 17.3 Å². The third kappa shape index (κ3) is 2.31. The lowest BCUT2D eigenvalue weighted by atomic mass is 9.97. The minimum Gasteiger partial charge on any atom is -0.370 e. The molecule has 3 rings (SSSR count). The van der Waals surface area contributed by atoms with Gasteiger partial charge in [0.05, 0.1) is 16.3 Å². The van der Waals surface area contributed by atoms with Crippen molar-refractivity contribution in [1.29, 1.82) is 5.26 Å². The molecule has 4 heteroatoms. The summed E-state index contributed by atoms with van der Waals surface area (Å²) in [5.41, 5.74) is 1.55. The maximum absolute atomic E-state index is 9.29. The normalized spacial score (nSPS) is 29.0. The SMILES string of the molecule is CN(c1cccc(Cl)c1C#N)C1CC2CCC(C1)N2. The number of benzene rings is 1. The minimum absolute atomic E-state index is 0.504. The average molecular weight is 276 g/mol. The van der Waals surface area contributed by atoms with Gasteiger partial charge >= 0.3 is 0 Å². The van der Waals surface area contributed by atoms with Gasteiger partial charge in [-0.25, -0.2) is 0 Å². The quantitative estimate of drug-likeness (QED) is 0.902. The molecule has 1 N–H and O–H groups in total. The van der Waals surface area contributed by atoms with Gasteiger partial charge in [-0.1, -0.05) is 17.7 Å². The van der Waals surface area contributed by atoms with Gasteiger partial charge in [0, 0.05) is 25.2 Å². The molecule has 1 aromatic rings. The van der Waals surface area contributed by atoms with Crippen LogP contribution in [0.4, 0.5) is 5.69 Å². The Morgan fingerprint density at radius 3 is 2.63 bits per heavy atom. The Morgan fingerprint density at radius 2 is 2.00 bits per heavy atom. The molecule has 100 valence electrons. The van der Waals surface area contributed by atoms with E-state index in [0.29, 0.717) is 28.7 Å². The highest BCUT2D eigenvalue weighted by molar-refractivity contribution is 6.32. The van der Waals surface area contributed by atoms with Crippen LogP contribution in [0.15, 0.2) is 18.2 Å². The fourth-order valence-electron chi connectivity index (χ4n) is 3.46. The topological polar surface area (TPSA) is 39.1 Å². The molecule has 19 heavy (non-hydrogen) atoms. The maximum atomic E-state index is 9.29. The predicted molar refractivity (Wildman–Crippen MR) is 77.5 cm³/mol. The van der Waals surface area contributed by atoms with Crippen LogP contribution in [-0.2, 0) is 0 Å². The zero-order valence-corrected chi connectivity index (χ0v) is 11.8. The maximum Gasteiger partial charge on any atom is 0.103 e. The van der Waals surface area contributed by atoms with E-state index in [0.717, 1.165) is 18.5 Å². The number of hydrogen-bond acceptors (Lipinski definition) is 3. The molecule has 0 aromatic heterocycles. The highest BCUT2D eigenvalue weighted by atomic mass is 35.5. The first kappa shape index (κ1) is 12.8. The highest BCUT2D eigenvalue weighted by Gasteiger charge is 2.35. The van der Waals surface area contributed by atoms with Crippen LogP contribution in [0.25, 0.3) is 0 Å². The van der Waals surface area contributed by atoms with E-state index in [2.05, 4.69) is 23.3 Å². The fourth-order valence-corrected chi connectivity index (χ4v) is 3.67. The standard InChI is InChI=1S/C15H18ClN3/c1-19(12-7-10-5-6-11(8-12)18-10)15-4-2-3-14(16)13(15)9-17/h2-4,10-12,18H,5-8H2,1H3. The van der Waals surface area contributed by atoms with Crippen molar-refractivity contribution in [3.05, 3.63) is 28.8 Å². The molecule has 2 unspecified atom stereocenters. The zero-order valence-electron chi connectivity index (χ0n) is 11.1. The lowest BCUT2D eigenvalue weighted by Gasteiger charge is -2.37. The van der Waals surface area contributed by atoms with Crippen LogP contribution < -0.4 is 10.2 Å². The lowest BCUT2D eigenvalue weighted by molar-refractivity contribution is 0.355. The van der Waals surface area contributed by atoms with E-state index in [9.17, 15) is 5.26 Å². The molecule has 2 aliphatic rings. The summed E-state index contributed by atoms with van der Waals surface area (Å²) in [4.78, 5) is 2.25. The van der Waals surface area contributed by atoms with E-state index in [1.807, 2.05) is 12.1 Å². The molecule has 0 aliphatic carbocycles. The summed E-state index contributed by atoms with van der Waals surface area (Å²) < 4.78 is 0. The molecule has 2 fully saturated rings. The summed E-state index contributed by atoms with van der Waals surface area (Å²) in [6.07, 6.45) is 4.89. The van der Waals surface area contributed by atoms with Gasteiger partial charge < -0.3 is 10.2 Å². The largest absolute Gasteiger partial charge is 0.370 e. The minimum atomic E-state index is 0.504. The summed E-state index contributed by atoms with van der Waals surface area (Å²) in [5, 5.41) is 13.5. The van der Waals surface area contributed by atoms with Crippen LogP contribution in [0.1, 0.15) is 31.2 Å². The summed E-state index contributed by atoms with van der Waals surface area (Å²) in [7, 11) is 2.09. The van der Waals surface area contributed by atoms with Crippen molar-refractivity contribution in [2.45, 2.75) is 43.8 Å². The van der Waals surface area contributed by atoms with Crippen molar-refractivity contribution in [2.24, 2.45) is 0 Å². The van der Waals surface area contributed by atoms with E-state index in [4.69, 9.17) is 11.6 Å². The number of anilines is 1. The summed E-state index contributed by atoms with van der Waals surface area (Å²) in [6.45, 7) is 0. The molecule has 2 bridgehead atoms. The number of nitriles is 1. The third-order valence-corrected chi connectivity index (χ3v) is 4.79. The van der Waals surface area contributed by atoms with Gasteiger partial charge in [-0.3, -0.25) is 0 Å². The first-order valence-electron chi connectivity index (χ1n) is 6.86. The molecular weight excluding hydrogens is 258 g/mol. The zero-order chi connectivity index (χ0) is 13.4. The van der Waals surface area contributed by atoms with Crippen molar-refractivity contribution in [3.8, 4) is 6.07 Å². The number of hydrogen-bond donors (Lipinski definition) is 1. The Balaban J connectivity index is 1.86. The number of nitrogens with zero attached hydrogens (tertiary/aromatic N) is 2. The molecule has 2 aliphatic heterocycles. The smallest absolute Gasteiger partial charge is 0.103 e. The third-order valence-electron chi connectivity index (χ3n) is 4.48. The van der Waals surface area contributed by atoms with Gasteiger partial charge in [-0.15, -0.1) is 0 Å². The Kier molecular flexibility index (Phi) is 3.38. The van der Waals surface area contributed by atoms with E-state index >= 15 is 0 Å². The molecule has 2 atom stereocenters. The number of halogens is 1. The van der Waals surface area contributed by atoms with Gasteiger partial charge in [-0.05, 0) is 37.8 Å². The molecule has 2 heterocycles. The van der Waals surface area contributed by atoms with Gasteiger partial charge in [0.25, 0.3) is 0 Å². The molecule has 0 spiro atoms. The second-order valence-electron chi connectivity index (χ2n) is 5.62. The Labute approximate surface area is 119 Å². The number of nitrogens with one attached hydrogen (secondary N) is 1. The van der Waals surface area contributed by atoms with E-state index < -0.39 is 0 Å². The van der Waals surface area contributed by atoms with Crippen molar-refractivity contribution in [2.75, 3.05) is 11.9 Å². The molecule has 1 aromatic carbocycles.